The Morgan fingerprint density at radius 1 is 0.970 bits per heavy atom. The van der Waals surface area contributed by atoms with Crippen molar-refractivity contribution in [1.29, 1.82) is 0 Å². The predicted octanol–water partition coefficient (Wildman–Crippen LogP) is -0.378. The van der Waals surface area contributed by atoms with E-state index in [0.29, 0.717) is 6.54 Å². The Labute approximate surface area is 193 Å². The summed E-state index contributed by atoms with van der Waals surface area (Å²) in [6.07, 6.45) is -4.00. The number of hydrogen-bond acceptors (Lipinski definition) is 9. The molecule has 3 N–H and O–H groups in total. The highest BCUT2D eigenvalue weighted by molar-refractivity contribution is 5.91. The van der Waals surface area contributed by atoms with Crippen LogP contribution >= 0.6 is 0 Å². The van der Waals surface area contributed by atoms with E-state index >= 15 is 0 Å². The standard InChI is InChI=1S/C22H36N2O9/c1-6-7-8-9-23-18(27)12-13(26)11(25)10-24(12)19(28)16-14-15(31-21(2,3)30-14)17-20(29-16)33-22(4,5)32-17/h11-17,20,25-26H,6-10H2,1-5H3,(H,23,27)/t11-,12?,13+,14+,15-,16-,17+,20+/m0/s1. The van der Waals surface area contributed by atoms with Crippen molar-refractivity contribution >= 4 is 11.8 Å². The van der Waals surface area contributed by atoms with Gasteiger partial charge in [-0.2, -0.15) is 0 Å². The molecule has 4 heterocycles. The second kappa shape index (κ2) is 9.03. The SMILES string of the molecule is CCCCCNC(=O)C1[C@H](O)[C@@H](O)CN1C(=O)[C@H]1O[C@@H]2OC(C)(C)O[C@@H]2[C@H]2OC(C)(C)O[C@H]21. The fraction of sp³-hybridized carbons (Fsp3) is 0.909. The van der Waals surface area contributed by atoms with Gasteiger partial charge in [-0.05, 0) is 34.1 Å². The van der Waals surface area contributed by atoms with Crippen molar-refractivity contribution in [3.05, 3.63) is 0 Å². The average Bonchev–Trinajstić information content (AvgIpc) is 3.33. The number of carbonyl (C=O) groups is 2. The maximum Gasteiger partial charge on any atom is 0.255 e. The van der Waals surface area contributed by atoms with Crippen molar-refractivity contribution in [2.24, 2.45) is 0 Å². The summed E-state index contributed by atoms with van der Waals surface area (Å²) in [5.41, 5.74) is 0. The van der Waals surface area contributed by atoms with Crippen LogP contribution in [0.3, 0.4) is 0 Å². The molecule has 4 rings (SSSR count). The number of nitrogens with zero attached hydrogens (tertiary/aromatic N) is 1. The maximum atomic E-state index is 13.7. The molecule has 0 bridgehead atoms. The average molecular weight is 473 g/mol. The van der Waals surface area contributed by atoms with E-state index in [0.717, 1.165) is 19.3 Å². The van der Waals surface area contributed by atoms with Crippen molar-refractivity contribution in [3.8, 4) is 0 Å². The zero-order chi connectivity index (χ0) is 24.1. The Balaban J connectivity index is 1.54. The highest BCUT2D eigenvalue weighted by Crippen LogP contribution is 2.44. The van der Waals surface area contributed by atoms with Gasteiger partial charge in [0.05, 0.1) is 12.6 Å². The van der Waals surface area contributed by atoms with Gasteiger partial charge >= 0.3 is 0 Å². The normalized spacial score (nSPS) is 41.0. The number of likely N-dealkylation sites (tertiary alicyclic amines) is 1. The number of ether oxygens (including phenoxy) is 5. The number of β-amino-alcohol motifs (C(OH)–C–C–N with tert-alkyl or cyclic N) is 1. The summed E-state index contributed by atoms with van der Waals surface area (Å²) in [5.74, 6) is -3.02. The third kappa shape index (κ3) is 4.77. The van der Waals surface area contributed by atoms with Crippen LogP contribution in [0.15, 0.2) is 0 Å². The van der Waals surface area contributed by atoms with Gasteiger partial charge in [0.2, 0.25) is 5.91 Å². The first-order valence-corrected chi connectivity index (χ1v) is 11.7. The molecule has 1 unspecified atom stereocenters. The number of unbranched alkanes of at least 4 members (excludes halogenated alkanes) is 2. The van der Waals surface area contributed by atoms with Gasteiger partial charge in [0, 0.05) is 6.54 Å². The molecule has 0 aromatic carbocycles. The second-order valence-corrected chi connectivity index (χ2v) is 10.1. The van der Waals surface area contributed by atoms with Gasteiger partial charge in [0.25, 0.3) is 5.91 Å². The quantitative estimate of drug-likeness (QED) is 0.442. The zero-order valence-electron chi connectivity index (χ0n) is 19.9. The third-order valence-corrected chi connectivity index (χ3v) is 6.47. The number of aliphatic hydroxyl groups is 2. The molecular weight excluding hydrogens is 436 g/mol. The Morgan fingerprint density at radius 2 is 1.61 bits per heavy atom. The van der Waals surface area contributed by atoms with Crippen molar-refractivity contribution < 1.29 is 43.5 Å². The van der Waals surface area contributed by atoms with E-state index in [4.69, 9.17) is 23.7 Å². The predicted molar refractivity (Wildman–Crippen MR) is 113 cm³/mol. The minimum absolute atomic E-state index is 0.203. The first kappa shape index (κ1) is 24.8. The number of fused-ring (bicyclic) bond motifs is 3. The van der Waals surface area contributed by atoms with Gasteiger partial charge in [-0.3, -0.25) is 9.59 Å². The molecule has 4 aliphatic heterocycles. The Bertz CT molecular complexity index is 760. The molecule has 4 aliphatic rings. The Kier molecular flexibility index (Phi) is 6.78. The van der Waals surface area contributed by atoms with Gasteiger partial charge < -0.3 is 44.1 Å². The van der Waals surface area contributed by atoms with E-state index in [9.17, 15) is 19.8 Å². The lowest BCUT2D eigenvalue weighted by atomic mass is 9.97. The number of rotatable bonds is 6. The van der Waals surface area contributed by atoms with Crippen molar-refractivity contribution in [2.45, 2.75) is 114 Å². The van der Waals surface area contributed by atoms with Crippen LogP contribution in [0.4, 0.5) is 0 Å². The molecule has 0 radical (unpaired) electrons. The van der Waals surface area contributed by atoms with Crippen LogP contribution in [0.25, 0.3) is 0 Å². The molecule has 33 heavy (non-hydrogen) atoms. The smallest absolute Gasteiger partial charge is 0.255 e. The summed E-state index contributed by atoms with van der Waals surface area (Å²) in [6.45, 7) is 9.23. The minimum Gasteiger partial charge on any atom is -0.388 e. The molecule has 8 atom stereocenters. The molecule has 0 saturated carbocycles. The highest BCUT2D eigenvalue weighted by Gasteiger charge is 2.63. The number of carbonyl (C=O) groups excluding carboxylic acids is 2. The van der Waals surface area contributed by atoms with Gasteiger partial charge in [-0.25, -0.2) is 0 Å². The van der Waals surface area contributed by atoms with E-state index in [-0.39, 0.29) is 6.54 Å². The van der Waals surface area contributed by atoms with Gasteiger partial charge in [-0.1, -0.05) is 19.8 Å². The van der Waals surface area contributed by atoms with Crippen molar-refractivity contribution in [2.75, 3.05) is 13.1 Å². The molecule has 2 amide bonds. The monoisotopic (exact) mass is 472 g/mol. The lowest BCUT2D eigenvalue weighted by Gasteiger charge is -2.38. The van der Waals surface area contributed by atoms with E-state index in [1.165, 1.54) is 4.90 Å². The molecule has 4 fully saturated rings. The summed E-state index contributed by atoms with van der Waals surface area (Å²) >= 11 is 0. The second-order valence-electron chi connectivity index (χ2n) is 10.1. The number of nitrogens with one attached hydrogen (secondary N) is 1. The Hall–Kier alpha value is -1.34. The van der Waals surface area contributed by atoms with Gasteiger partial charge in [-0.15, -0.1) is 0 Å². The van der Waals surface area contributed by atoms with Crippen LogP contribution in [0.5, 0.6) is 0 Å². The fourth-order valence-corrected chi connectivity index (χ4v) is 5.01. The van der Waals surface area contributed by atoms with Crippen LogP contribution in [-0.4, -0.2) is 101 Å². The van der Waals surface area contributed by atoms with E-state index < -0.39 is 72.3 Å². The van der Waals surface area contributed by atoms with Crippen molar-refractivity contribution in [3.63, 3.8) is 0 Å². The van der Waals surface area contributed by atoms with Crippen LogP contribution in [0.1, 0.15) is 53.9 Å². The summed E-state index contributed by atoms with van der Waals surface area (Å²) < 4.78 is 29.8. The maximum absolute atomic E-state index is 13.7. The summed E-state index contributed by atoms with van der Waals surface area (Å²) in [4.78, 5) is 27.7. The number of aliphatic hydroxyl groups excluding tert-OH is 2. The lowest BCUT2D eigenvalue weighted by molar-refractivity contribution is -0.235. The van der Waals surface area contributed by atoms with E-state index in [1.54, 1.807) is 27.7 Å². The fourth-order valence-electron chi connectivity index (χ4n) is 5.01. The number of hydrogen-bond donors (Lipinski definition) is 3. The molecular formula is C22H36N2O9. The van der Waals surface area contributed by atoms with Crippen molar-refractivity contribution in [1.82, 2.24) is 10.2 Å². The third-order valence-electron chi connectivity index (χ3n) is 6.47. The molecule has 0 aromatic rings. The van der Waals surface area contributed by atoms with Gasteiger partial charge in [0.15, 0.2) is 24.0 Å². The summed E-state index contributed by atoms with van der Waals surface area (Å²) in [6, 6.07) is -1.23. The first-order chi connectivity index (χ1) is 15.4. The van der Waals surface area contributed by atoms with Crippen LogP contribution in [0.2, 0.25) is 0 Å². The summed E-state index contributed by atoms with van der Waals surface area (Å²) in [5, 5.41) is 23.5. The molecule has 0 spiro atoms. The zero-order valence-corrected chi connectivity index (χ0v) is 19.9. The molecule has 11 heteroatoms. The van der Waals surface area contributed by atoms with Gasteiger partial charge in [0.1, 0.15) is 30.5 Å². The summed E-state index contributed by atoms with van der Waals surface area (Å²) in [7, 11) is 0. The van der Waals surface area contributed by atoms with Crippen LogP contribution in [0, 0.1) is 0 Å². The van der Waals surface area contributed by atoms with Crippen LogP contribution < -0.4 is 5.32 Å². The molecule has 0 aromatic heterocycles. The molecule has 0 aliphatic carbocycles. The largest absolute Gasteiger partial charge is 0.388 e. The van der Waals surface area contributed by atoms with E-state index in [1.807, 2.05) is 0 Å². The van der Waals surface area contributed by atoms with Crippen LogP contribution in [-0.2, 0) is 33.3 Å². The van der Waals surface area contributed by atoms with E-state index in [2.05, 4.69) is 12.2 Å². The molecule has 4 saturated heterocycles. The topological polar surface area (TPSA) is 136 Å². The number of amides is 2. The minimum atomic E-state index is -1.41. The highest BCUT2D eigenvalue weighted by atomic mass is 16.9. The lowest BCUT2D eigenvalue weighted by Crippen LogP contribution is -2.62. The molecule has 11 nitrogen and oxygen atoms in total. The Morgan fingerprint density at radius 3 is 2.30 bits per heavy atom. The first-order valence-electron chi connectivity index (χ1n) is 11.7. The molecule has 188 valence electrons.